The Morgan fingerprint density at radius 3 is 2.02 bits per heavy atom. The van der Waals surface area contributed by atoms with Crippen LogP contribution in [-0.4, -0.2) is 19.6 Å². The van der Waals surface area contributed by atoms with Crippen molar-refractivity contribution in [1.29, 1.82) is 0 Å². The van der Waals surface area contributed by atoms with Crippen LogP contribution in [0, 0.1) is 12.9 Å². The molecule has 0 aliphatic rings. The van der Waals surface area contributed by atoms with E-state index in [1.54, 1.807) is 12.1 Å². The molecule has 0 fully saturated rings. The fourth-order valence-electron chi connectivity index (χ4n) is 8.68. The summed E-state index contributed by atoms with van der Waals surface area (Å²) in [5.41, 5.74) is 14.1. The third kappa shape index (κ3) is 8.90. The summed E-state index contributed by atoms with van der Waals surface area (Å²) in [5.74, 6) is -0.266. The number of aromatic hydroxyl groups is 1. The van der Waals surface area contributed by atoms with Gasteiger partial charge >= 0.3 is 0 Å². The average molecular weight is 1030 g/mol. The second kappa shape index (κ2) is 17.9. The average Bonchev–Trinajstić information content (AvgIpc) is 3.70. The van der Waals surface area contributed by atoms with Crippen molar-refractivity contribution in [1.82, 2.24) is 14.5 Å². The molecule has 0 radical (unpaired) electrons. The summed E-state index contributed by atoms with van der Waals surface area (Å²) in [6.07, 6.45) is 1.82. The number of benzene rings is 7. The number of fused-ring (bicyclic) bond motifs is 1. The molecule has 0 atom stereocenters. The molecule has 7 aromatic carbocycles. The number of imidazole rings is 1. The second-order valence-electron chi connectivity index (χ2n) is 19.0. The molecule has 1 N–H and O–H groups in total. The SMILES string of the molecule is [2H]C([2H])([2H])c1cc(-c2c(-c3ccccc3)cccc2C(C)(C)C)ccc1-n1c(-c2ccccc2O)nc2c(-c3[c-]c(-c4cc(-c5ccc(C([2H])(C)C)cc5)ccn4)cc(C(C)(C)C)c3)cccc21.[Pt]. The van der Waals surface area contributed by atoms with Crippen LogP contribution >= 0.6 is 0 Å². The fraction of sp³-hybridized carbons (Fsp3) is 0.200. The van der Waals surface area contributed by atoms with Gasteiger partial charge in [0, 0.05) is 38.4 Å². The van der Waals surface area contributed by atoms with Crippen molar-refractivity contribution in [3.63, 3.8) is 0 Å². The van der Waals surface area contributed by atoms with Crippen molar-refractivity contribution >= 4 is 11.0 Å². The zero-order valence-electron chi connectivity index (χ0n) is 42.2. The molecule has 0 aliphatic carbocycles. The molecule has 0 spiro atoms. The topological polar surface area (TPSA) is 50.9 Å². The summed E-state index contributed by atoms with van der Waals surface area (Å²) >= 11 is 0. The number of aromatic nitrogens is 3. The number of rotatable bonds is 8. The number of phenols is 1. The third-order valence-corrected chi connectivity index (χ3v) is 12.2. The van der Waals surface area contributed by atoms with Crippen molar-refractivity contribution < 1.29 is 31.7 Å². The van der Waals surface area contributed by atoms with Gasteiger partial charge in [0.15, 0.2) is 0 Å². The van der Waals surface area contributed by atoms with E-state index in [9.17, 15) is 5.11 Å². The van der Waals surface area contributed by atoms with Crippen LogP contribution in [-0.2, 0) is 31.9 Å². The summed E-state index contributed by atoms with van der Waals surface area (Å²) in [6.45, 7) is 14.3. The van der Waals surface area contributed by atoms with E-state index < -0.39 is 12.7 Å². The van der Waals surface area contributed by atoms with Crippen LogP contribution in [0.15, 0.2) is 164 Å². The fourth-order valence-corrected chi connectivity index (χ4v) is 8.68. The Morgan fingerprint density at radius 2 is 1.31 bits per heavy atom. The van der Waals surface area contributed by atoms with Crippen molar-refractivity contribution in [3.05, 3.63) is 192 Å². The van der Waals surface area contributed by atoms with Crippen molar-refractivity contribution in [3.8, 4) is 78.6 Å². The second-order valence-corrected chi connectivity index (χ2v) is 19.0. The molecule has 2 heterocycles. The van der Waals surface area contributed by atoms with E-state index in [0.717, 1.165) is 72.5 Å². The number of pyridine rings is 1. The molecule has 0 amide bonds. The quantitative estimate of drug-likeness (QED) is 0.154. The number of para-hydroxylation sites is 2. The molecule has 9 rings (SSSR count). The molecule has 0 aliphatic heterocycles. The molecule has 9 aromatic rings. The van der Waals surface area contributed by atoms with Gasteiger partial charge in [0.05, 0.1) is 22.3 Å². The maximum absolute atomic E-state index is 11.5. The molecule has 0 saturated heterocycles. The van der Waals surface area contributed by atoms with Crippen LogP contribution in [0.2, 0.25) is 0 Å². The van der Waals surface area contributed by atoms with Gasteiger partial charge in [-0.25, -0.2) is 4.98 Å². The Hall–Kier alpha value is -6.35. The monoisotopic (exact) mass is 1030 g/mol. The first kappa shape index (κ1) is 40.2. The van der Waals surface area contributed by atoms with Gasteiger partial charge in [0.1, 0.15) is 11.6 Å². The summed E-state index contributed by atoms with van der Waals surface area (Å²) in [7, 11) is 0. The van der Waals surface area contributed by atoms with Gasteiger partial charge < -0.3 is 5.11 Å². The van der Waals surface area contributed by atoms with Gasteiger partial charge in [-0.05, 0) is 110 Å². The Labute approximate surface area is 405 Å². The van der Waals surface area contributed by atoms with E-state index in [1.807, 2.05) is 110 Å². The summed E-state index contributed by atoms with van der Waals surface area (Å²) < 4.78 is 37.7. The number of phenolic OH excluding ortho intramolecular Hbond substituents is 1. The minimum Gasteiger partial charge on any atom is -0.507 e. The molecular formula is C60H56N3OPt-. The maximum atomic E-state index is 11.5. The van der Waals surface area contributed by atoms with Crippen molar-refractivity contribution in [2.45, 2.75) is 79.0 Å². The van der Waals surface area contributed by atoms with Crippen LogP contribution in [0.25, 0.3) is 83.9 Å². The summed E-state index contributed by atoms with van der Waals surface area (Å²) in [5, 5.41) is 11.5. The van der Waals surface area contributed by atoms with Crippen LogP contribution in [0.1, 0.15) is 89.0 Å². The van der Waals surface area contributed by atoms with Crippen LogP contribution in [0.5, 0.6) is 5.75 Å². The van der Waals surface area contributed by atoms with Gasteiger partial charge in [0.2, 0.25) is 0 Å². The normalized spacial score (nSPS) is 13.1. The summed E-state index contributed by atoms with van der Waals surface area (Å²) in [6, 6.07) is 55.5. The van der Waals surface area contributed by atoms with Gasteiger partial charge in [-0.1, -0.05) is 176 Å². The standard InChI is InChI=1S/C60H56N3O.Pt/c1-38(2)40-25-27-41(28-26-40)43-31-32-61-52(37-43)46-34-45(35-47(36-46)59(4,5)6)49-21-16-23-54-57(49)62-58(50-19-13-14-24-55(50)64)63(54)53-30-29-44(33-39(53)3)56-48(42-17-11-10-12-18-42)20-15-22-51(56)60(7,8)9;/h10-33,35-38,64H,1-9H3;/q-1;/i3D3,38D;. The van der Waals surface area contributed by atoms with E-state index in [2.05, 4.69) is 108 Å². The molecule has 328 valence electrons. The first-order valence-corrected chi connectivity index (χ1v) is 22.0. The number of hydrogen-bond acceptors (Lipinski definition) is 3. The van der Waals surface area contributed by atoms with Gasteiger partial charge in [0.25, 0.3) is 0 Å². The Bertz CT molecular complexity index is 3340. The van der Waals surface area contributed by atoms with Crippen LogP contribution < -0.4 is 0 Å². The van der Waals surface area contributed by atoms with E-state index in [0.29, 0.717) is 28.1 Å². The smallest absolute Gasteiger partial charge is 0.148 e. The Morgan fingerprint density at radius 1 is 0.631 bits per heavy atom. The maximum Gasteiger partial charge on any atom is 0.148 e. The summed E-state index contributed by atoms with van der Waals surface area (Å²) in [4.78, 5) is 10.2. The zero-order chi connectivity index (χ0) is 48.3. The molecule has 0 saturated carbocycles. The minimum atomic E-state index is -2.54. The minimum absolute atomic E-state index is 0. The molecule has 65 heavy (non-hydrogen) atoms. The van der Waals surface area contributed by atoms with Crippen LogP contribution in [0.4, 0.5) is 0 Å². The van der Waals surface area contributed by atoms with Crippen LogP contribution in [0.3, 0.4) is 0 Å². The predicted octanol–water partition coefficient (Wildman–Crippen LogP) is 16.0. The molecule has 4 nitrogen and oxygen atoms in total. The van der Waals surface area contributed by atoms with Gasteiger partial charge in [-0.15, -0.1) is 29.3 Å². The van der Waals surface area contributed by atoms with E-state index >= 15 is 0 Å². The van der Waals surface area contributed by atoms with Crippen molar-refractivity contribution in [2.75, 3.05) is 0 Å². The number of nitrogens with zero attached hydrogens (tertiary/aromatic N) is 3. The van der Waals surface area contributed by atoms with E-state index in [4.69, 9.17) is 15.5 Å². The van der Waals surface area contributed by atoms with Gasteiger partial charge in [-0.2, -0.15) is 0 Å². The van der Waals surface area contributed by atoms with E-state index in [-0.39, 0.29) is 43.2 Å². The zero-order valence-corrected chi connectivity index (χ0v) is 40.5. The Balaban J connectivity index is 0.00000642. The van der Waals surface area contributed by atoms with Gasteiger partial charge in [-0.3, -0.25) is 9.55 Å². The van der Waals surface area contributed by atoms with E-state index in [1.165, 1.54) is 0 Å². The van der Waals surface area contributed by atoms with Crippen molar-refractivity contribution in [2.24, 2.45) is 0 Å². The first-order valence-electron chi connectivity index (χ1n) is 24.0. The third-order valence-electron chi connectivity index (χ3n) is 12.2. The predicted molar refractivity (Wildman–Crippen MR) is 268 cm³/mol. The molecule has 0 bridgehead atoms. The molecular weight excluding hydrogens is 974 g/mol. The number of hydrogen-bond donors (Lipinski definition) is 1. The number of aryl methyl sites for hydroxylation is 1. The molecule has 0 unspecified atom stereocenters. The Kier molecular flexibility index (Phi) is 11.1. The first-order chi connectivity index (χ1) is 32.2. The molecule has 2 aromatic heterocycles. The molecule has 5 heteroatoms. The largest absolute Gasteiger partial charge is 0.507 e.